The molecule has 3 N–H and O–H groups in total. The molecule has 1 heterocycles. The van der Waals surface area contributed by atoms with E-state index in [-0.39, 0.29) is 12.6 Å². The summed E-state index contributed by atoms with van der Waals surface area (Å²) >= 11 is 1.82. The lowest BCUT2D eigenvalue weighted by Gasteiger charge is -2.14. The Balaban J connectivity index is 2.01. The molecule has 0 aliphatic carbocycles. The fraction of sp³-hybridized carbons (Fsp3) is 0.312. The summed E-state index contributed by atoms with van der Waals surface area (Å²) < 4.78 is 5.30. The van der Waals surface area contributed by atoms with Crippen LogP contribution in [0.5, 0.6) is 5.75 Å². The van der Waals surface area contributed by atoms with E-state index in [1.807, 2.05) is 29.5 Å². The first kappa shape index (κ1) is 15.4. The highest BCUT2D eigenvalue weighted by atomic mass is 32.1. The Kier molecular flexibility index (Phi) is 5.22. The van der Waals surface area contributed by atoms with Gasteiger partial charge < -0.3 is 15.8 Å². The molecule has 0 radical (unpaired) electrons. The van der Waals surface area contributed by atoms with Crippen molar-refractivity contribution in [1.82, 2.24) is 0 Å². The highest BCUT2D eigenvalue weighted by molar-refractivity contribution is 7.12. The number of nitrogens with one attached hydrogen (secondary N) is 1. The molecule has 1 aromatic carbocycles. The average molecular weight is 304 g/mol. The second-order valence-corrected chi connectivity index (χ2v) is 6.01. The van der Waals surface area contributed by atoms with Crippen LogP contribution in [0.15, 0.2) is 36.4 Å². The number of anilines is 1. The number of nitrogens with two attached hydrogens (primary N) is 1. The zero-order valence-electron chi connectivity index (χ0n) is 12.3. The van der Waals surface area contributed by atoms with Crippen LogP contribution in [0, 0.1) is 0 Å². The first-order valence-corrected chi connectivity index (χ1v) is 7.76. The molecule has 0 saturated heterocycles. The number of ether oxygens (including phenoxy) is 1. The molecule has 5 heteroatoms. The smallest absolute Gasteiger partial charge is 0.255 e. The maximum atomic E-state index is 10.7. The molecule has 0 saturated carbocycles. The van der Waals surface area contributed by atoms with E-state index in [0.717, 1.165) is 12.1 Å². The number of thiophene rings is 1. The first-order valence-electron chi connectivity index (χ1n) is 6.94. The van der Waals surface area contributed by atoms with Crippen LogP contribution in [0.3, 0.4) is 0 Å². The maximum absolute atomic E-state index is 10.7. The van der Waals surface area contributed by atoms with Gasteiger partial charge in [0.25, 0.3) is 5.91 Å². The second kappa shape index (κ2) is 7.13. The fourth-order valence-corrected chi connectivity index (χ4v) is 2.92. The average Bonchev–Trinajstić information content (AvgIpc) is 2.94. The van der Waals surface area contributed by atoms with Crippen LogP contribution < -0.4 is 15.8 Å². The number of benzene rings is 1. The lowest BCUT2D eigenvalue weighted by molar-refractivity contribution is -0.119. The van der Waals surface area contributed by atoms with Crippen LogP contribution in [-0.2, 0) is 11.2 Å². The number of rotatable bonds is 7. The topological polar surface area (TPSA) is 64.3 Å². The minimum atomic E-state index is -0.479. The zero-order chi connectivity index (χ0) is 15.2. The van der Waals surface area contributed by atoms with Crippen molar-refractivity contribution in [3.05, 3.63) is 46.2 Å². The molecular weight excluding hydrogens is 284 g/mol. The van der Waals surface area contributed by atoms with Crippen molar-refractivity contribution in [2.75, 3.05) is 11.9 Å². The van der Waals surface area contributed by atoms with Crippen LogP contribution in [0.2, 0.25) is 0 Å². The highest BCUT2D eigenvalue weighted by Crippen LogP contribution is 2.27. The summed E-state index contributed by atoms with van der Waals surface area (Å²) in [5.41, 5.74) is 6.03. The first-order chi connectivity index (χ1) is 10.1. The van der Waals surface area contributed by atoms with E-state index in [1.54, 1.807) is 6.07 Å². The molecule has 2 rings (SSSR count). The van der Waals surface area contributed by atoms with Gasteiger partial charge in [-0.05, 0) is 37.6 Å². The van der Waals surface area contributed by atoms with E-state index in [2.05, 4.69) is 31.3 Å². The third kappa shape index (κ3) is 4.49. The largest absolute Gasteiger partial charge is 0.484 e. The van der Waals surface area contributed by atoms with Crippen molar-refractivity contribution in [2.24, 2.45) is 5.73 Å². The van der Waals surface area contributed by atoms with E-state index in [1.165, 1.54) is 9.75 Å². The van der Waals surface area contributed by atoms with E-state index in [9.17, 15) is 4.79 Å². The number of carbonyl (C=O) groups is 1. The number of carbonyl (C=O) groups excluding carboxylic acids is 1. The summed E-state index contributed by atoms with van der Waals surface area (Å²) in [5.74, 6) is 0.152. The monoisotopic (exact) mass is 304 g/mol. The van der Waals surface area contributed by atoms with Gasteiger partial charge in [-0.1, -0.05) is 13.0 Å². The van der Waals surface area contributed by atoms with Gasteiger partial charge in [-0.2, -0.15) is 0 Å². The maximum Gasteiger partial charge on any atom is 0.255 e. The molecule has 4 nitrogen and oxygen atoms in total. The van der Waals surface area contributed by atoms with Gasteiger partial charge in [0.05, 0.1) is 6.04 Å². The Morgan fingerprint density at radius 1 is 1.38 bits per heavy atom. The summed E-state index contributed by atoms with van der Waals surface area (Å²) in [4.78, 5) is 13.4. The fourth-order valence-electron chi connectivity index (χ4n) is 1.97. The Morgan fingerprint density at radius 2 is 2.19 bits per heavy atom. The number of amides is 1. The van der Waals surface area contributed by atoms with Gasteiger partial charge in [0.15, 0.2) is 6.61 Å². The molecule has 0 bridgehead atoms. The molecular formula is C16H20N2O2S. The molecule has 21 heavy (non-hydrogen) atoms. The lowest BCUT2D eigenvalue weighted by atomic mass is 10.2. The van der Waals surface area contributed by atoms with Crippen molar-refractivity contribution in [1.29, 1.82) is 0 Å². The molecule has 112 valence electrons. The van der Waals surface area contributed by atoms with Crippen molar-refractivity contribution in [3.8, 4) is 5.75 Å². The van der Waals surface area contributed by atoms with Crippen molar-refractivity contribution in [2.45, 2.75) is 26.3 Å². The predicted molar refractivity (Wildman–Crippen MR) is 86.9 cm³/mol. The minimum Gasteiger partial charge on any atom is -0.484 e. The van der Waals surface area contributed by atoms with Crippen molar-refractivity contribution < 1.29 is 9.53 Å². The van der Waals surface area contributed by atoms with Crippen LogP contribution >= 0.6 is 11.3 Å². The normalized spacial score (nSPS) is 11.9. The van der Waals surface area contributed by atoms with E-state index in [0.29, 0.717) is 5.75 Å². The molecule has 1 amide bonds. The SMILES string of the molecule is CCc1ccc(C(C)Nc2cccc(OCC(N)=O)c2)s1. The minimum absolute atomic E-state index is 0.107. The van der Waals surface area contributed by atoms with Crippen molar-refractivity contribution >= 4 is 22.9 Å². The van der Waals surface area contributed by atoms with Gasteiger partial charge in [0.1, 0.15) is 5.75 Å². The molecule has 0 fully saturated rings. The third-order valence-electron chi connectivity index (χ3n) is 3.06. The molecule has 1 aromatic heterocycles. The summed E-state index contributed by atoms with van der Waals surface area (Å²) in [6, 6.07) is 12.1. The van der Waals surface area contributed by atoms with Gasteiger partial charge >= 0.3 is 0 Å². The van der Waals surface area contributed by atoms with Gasteiger partial charge in [-0.25, -0.2) is 0 Å². The number of hydrogen-bond donors (Lipinski definition) is 2. The zero-order valence-corrected chi connectivity index (χ0v) is 13.1. The van der Waals surface area contributed by atoms with Gasteiger partial charge in [-0.3, -0.25) is 4.79 Å². The third-order valence-corrected chi connectivity index (χ3v) is 4.47. The van der Waals surface area contributed by atoms with Gasteiger partial charge in [0.2, 0.25) is 0 Å². The van der Waals surface area contributed by atoms with E-state index < -0.39 is 5.91 Å². The van der Waals surface area contributed by atoms with Gasteiger partial charge in [-0.15, -0.1) is 11.3 Å². The van der Waals surface area contributed by atoms with Crippen LogP contribution in [0.25, 0.3) is 0 Å². The molecule has 0 aliphatic heterocycles. The summed E-state index contributed by atoms with van der Waals surface area (Å²) in [6.07, 6.45) is 1.06. The number of aryl methyl sites for hydroxylation is 1. The van der Waals surface area contributed by atoms with E-state index >= 15 is 0 Å². The summed E-state index contributed by atoms with van der Waals surface area (Å²) in [6.45, 7) is 4.18. The number of primary amides is 1. The highest BCUT2D eigenvalue weighted by Gasteiger charge is 2.09. The van der Waals surface area contributed by atoms with E-state index in [4.69, 9.17) is 10.5 Å². The summed E-state index contributed by atoms with van der Waals surface area (Å²) in [7, 11) is 0. The molecule has 0 spiro atoms. The summed E-state index contributed by atoms with van der Waals surface area (Å²) in [5, 5.41) is 3.44. The van der Waals surface area contributed by atoms with Crippen LogP contribution in [0.1, 0.15) is 29.6 Å². The lowest BCUT2D eigenvalue weighted by Crippen LogP contribution is -2.20. The van der Waals surface area contributed by atoms with Crippen LogP contribution in [0.4, 0.5) is 5.69 Å². The second-order valence-electron chi connectivity index (χ2n) is 4.81. The van der Waals surface area contributed by atoms with Gasteiger partial charge in [0, 0.05) is 21.5 Å². The molecule has 0 aliphatic rings. The predicted octanol–water partition coefficient (Wildman–Crippen LogP) is 3.35. The van der Waals surface area contributed by atoms with Crippen LogP contribution in [-0.4, -0.2) is 12.5 Å². The Hall–Kier alpha value is -2.01. The Bertz CT molecular complexity index is 610. The molecule has 1 unspecified atom stereocenters. The Labute approximate surface area is 128 Å². The quantitative estimate of drug-likeness (QED) is 0.824. The standard InChI is InChI=1S/C16H20N2O2S/c1-3-14-7-8-15(21-14)11(2)18-12-5-4-6-13(9-12)20-10-16(17)19/h4-9,11,18H,3,10H2,1-2H3,(H2,17,19). The van der Waals surface area contributed by atoms with Crippen molar-refractivity contribution in [3.63, 3.8) is 0 Å². The molecule has 1 atom stereocenters. The molecule has 2 aromatic rings. The number of hydrogen-bond acceptors (Lipinski definition) is 4. The Morgan fingerprint density at radius 3 is 2.86 bits per heavy atom.